The van der Waals surface area contributed by atoms with Crippen LogP contribution in [0.1, 0.15) is 31.1 Å². The molecule has 1 unspecified atom stereocenters. The quantitative estimate of drug-likeness (QED) is 0.598. The van der Waals surface area contributed by atoms with Gasteiger partial charge in [-0.1, -0.05) is 12.1 Å². The Labute approximate surface area is 121 Å². The van der Waals surface area contributed by atoms with Gasteiger partial charge in [0.05, 0.1) is 25.4 Å². The summed E-state index contributed by atoms with van der Waals surface area (Å²) < 4.78 is 11.2. The third-order valence-electron chi connectivity index (χ3n) is 2.71. The van der Waals surface area contributed by atoms with Crippen molar-refractivity contribution in [1.29, 1.82) is 0 Å². The van der Waals surface area contributed by atoms with E-state index in [1.165, 1.54) is 0 Å². The number of benzene rings is 1. The maximum atomic E-state index is 10.8. The first-order valence-corrected chi connectivity index (χ1v) is 6.58. The van der Waals surface area contributed by atoms with E-state index in [0.29, 0.717) is 29.7 Å². The first-order chi connectivity index (χ1) is 9.37. The van der Waals surface area contributed by atoms with Crippen LogP contribution in [0.3, 0.4) is 0 Å². The summed E-state index contributed by atoms with van der Waals surface area (Å²) in [6, 6.07) is 5.03. The monoisotopic (exact) mass is 276 g/mol. The van der Waals surface area contributed by atoms with Crippen LogP contribution in [0.25, 0.3) is 0 Å². The average molecular weight is 276 g/mol. The van der Waals surface area contributed by atoms with Crippen molar-refractivity contribution >= 4 is 19.6 Å². The molecule has 0 heterocycles. The Morgan fingerprint density at radius 2 is 2.05 bits per heavy atom. The number of carbonyl (C=O) groups is 1. The molecule has 1 aromatic rings. The van der Waals surface area contributed by atoms with Gasteiger partial charge in [0.25, 0.3) is 0 Å². The Balaban J connectivity index is 2.58. The summed E-state index contributed by atoms with van der Waals surface area (Å²) in [6.45, 7) is 6.49. The number of aliphatic hydroxyl groups is 1. The summed E-state index contributed by atoms with van der Waals surface area (Å²) in [6.07, 6.45) is 0.689. The van der Waals surface area contributed by atoms with E-state index in [9.17, 15) is 9.90 Å². The molecule has 5 heteroatoms. The molecule has 4 nitrogen and oxygen atoms in total. The number of aldehydes is 1. The lowest BCUT2D eigenvalue weighted by Crippen LogP contribution is -2.29. The fourth-order valence-corrected chi connectivity index (χ4v) is 1.52. The van der Waals surface area contributed by atoms with Gasteiger partial charge in [0, 0.05) is 11.5 Å². The first-order valence-electron chi connectivity index (χ1n) is 6.58. The van der Waals surface area contributed by atoms with Gasteiger partial charge in [-0.15, -0.1) is 0 Å². The van der Waals surface area contributed by atoms with E-state index >= 15 is 0 Å². The summed E-state index contributed by atoms with van der Waals surface area (Å²) >= 11 is 0. The third-order valence-corrected chi connectivity index (χ3v) is 2.71. The van der Waals surface area contributed by atoms with E-state index in [4.69, 9.17) is 17.3 Å². The Morgan fingerprint density at radius 1 is 1.35 bits per heavy atom. The van der Waals surface area contributed by atoms with Crippen LogP contribution in [-0.2, 0) is 4.74 Å². The van der Waals surface area contributed by atoms with Crippen molar-refractivity contribution in [1.82, 2.24) is 0 Å². The zero-order valence-corrected chi connectivity index (χ0v) is 12.3. The number of ether oxygens (including phenoxy) is 2. The van der Waals surface area contributed by atoms with Crippen LogP contribution < -0.4 is 10.2 Å². The molecule has 0 amide bonds. The van der Waals surface area contributed by atoms with Gasteiger partial charge < -0.3 is 14.6 Å². The highest BCUT2D eigenvalue weighted by molar-refractivity contribution is 6.37. The molecule has 0 bridgehead atoms. The lowest BCUT2D eigenvalue weighted by atomic mass is 9.90. The maximum Gasteiger partial charge on any atom is 0.149 e. The number of carbonyl (C=O) groups excluding carboxylic acids is 1. The highest BCUT2D eigenvalue weighted by atomic mass is 16.5. The molecule has 1 atom stereocenters. The zero-order chi connectivity index (χ0) is 15.2. The Kier molecular flexibility index (Phi) is 6.24. The molecule has 2 radical (unpaired) electrons. The average Bonchev–Trinajstić information content (AvgIpc) is 2.39. The topological polar surface area (TPSA) is 55.8 Å². The second-order valence-corrected chi connectivity index (χ2v) is 5.66. The van der Waals surface area contributed by atoms with Crippen molar-refractivity contribution in [2.45, 2.75) is 26.4 Å². The predicted molar refractivity (Wildman–Crippen MR) is 79.0 cm³/mol. The van der Waals surface area contributed by atoms with Crippen molar-refractivity contribution < 1.29 is 19.4 Å². The molecule has 0 saturated carbocycles. The van der Waals surface area contributed by atoms with E-state index in [1.54, 1.807) is 18.2 Å². The molecule has 0 fully saturated rings. The van der Waals surface area contributed by atoms with Gasteiger partial charge in [0.1, 0.15) is 19.9 Å². The molecule has 108 valence electrons. The van der Waals surface area contributed by atoms with E-state index < -0.39 is 0 Å². The molecule has 0 aliphatic rings. The SMILES string of the molecule is [B]c1c(C=O)cccc1OCC(CO)COC(C)(C)C. The molecule has 0 spiro atoms. The van der Waals surface area contributed by atoms with Gasteiger partial charge in [-0.3, -0.25) is 4.79 Å². The van der Waals surface area contributed by atoms with E-state index in [-0.39, 0.29) is 24.7 Å². The highest BCUT2D eigenvalue weighted by Gasteiger charge is 2.16. The number of rotatable bonds is 7. The molecule has 0 aliphatic carbocycles. The molecule has 20 heavy (non-hydrogen) atoms. The van der Waals surface area contributed by atoms with Crippen LogP contribution in [0.15, 0.2) is 18.2 Å². The summed E-state index contributed by atoms with van der Waals surface area (Å²) in [5.41, 5.74) is 0.453. The molecule has 0 aliphatic heterocycles. The van der Waals surface area contributed by atoms with Crippen LogP contribution >= 0.6 is 0 Å². The van der Waals surface area contributed by atoms with Gasteiger partial charge >= 0.3 is 0 Å². The van der Waals surface area contributed by atoms with Crippen LogP contribution in [0.2, 0.25) is 0 Å². The highest BCUT2D eigenvalue weighted by Crippen LogP contribution is 2.13. The molecular formula is C15H21BO4. The number of hydrogen-bond donors (Lipinski definition) is 1. The Hall–Kier alpha value is -1.33. The second kappa shape index (κ2) is 7.46. The van der Waals surface area contributed by atoms with Crippen molar-refractivity contribution in [3.63, 3.8) is 0 Å². The molecule has 0 saturated heterocycles. The molecule has 0 aromatic heterocycles. The summed E-state index contributed by atoms with van der Waals surface area (Å²) in [7, 11) is 5.81. The fourth-order valence-electron chi connectivity index (χ4n) is 1.52. The smallest absolute Gasteiger partial charge is 0.149 e. The second-order valence-electron chi connectivity index (χ2n) is 5.66. The summed E-state index contributed by atoms with van der Waals surface area (Å²) in [5, 5.41) is 9.32. The minimum atomic E-state index is -0.260. The predicted octanol–water partition coefficient (Wildman–Crippen LogP) is 1.10. The van der Waals surface area contributed by atoms with Crippen molar-refractivity contribution in [3.8, 4) is 5.75 Å². The van der Waals surface area contributed by atoms with Gasteiger partial charge in [-0.25, -0.2) is 0 Å². The van der Waals surface area contributed by atoms with Crippen molar-refractivity contribution in [3.05, 3.63) is 23.8 Å². The number of hydrogen-bond acceptors (Lipinski definition) is 4. The van der Waals surface area contributed by atoms with Crippen LogP contribution in [0, 0.1) is 5.92 Å². The zero-order valence-electron chi connectivity index (χ0n) is 12.3. The Bertz CT molecular complexity index is 440. The first kappa shape index (κ1) is 16.7. The standard InChI is InChI=1S/C15H21BO4/c1-15(2,3)20-10-11(7-17)9-19-13-6-4-5-12(8-18)14(13)16/h4-6,8,11,17H,7,9-10H2,1-3H3. The van der Waals surface area contributed by atoms with Gasteiger partial charge in [0.2, 0.25) is 0 Å². The summed E-state index contributed by atoms with van der Waals surface area (Å²) in [5.74, 6) is 0.303. The molecule has 1 N–H and O–H groups in total. The summed E-state index contributed by atoms with van der Waals surface area (Å²) in [4.78, 5) is 10.8. The maximum absolute atomic E-state index is 10.8. The van der Waals surface area contributed by atoms with Crippen LogP contribution in [0.4, 0.5) is 0 Å². The van der Waals surface area contributed by atoms with Crippen molar-refractivity contribution in [2.24, 2.45) is 5.92 Å². The normalized spacial score (nSPS) is 13.0. The van der Waals surface area contributed by atoms with E-state index in [2.05, 4.69) is 0 Å². The van der Waals surface area contributed by atoms with Crippen molar-refractivity contribution in [2.75, 3.05) is 19.8 Å². The van der Waals surface area contributed by atoms with Gasteiger partial charge in [-0.05, 0) is 32.3 Å². The van der Waals surface area contributed by atoms with Gasteiger partial charge in [0.15, 0.2) is 0 Å². The van der Waals surface area contributed by atoms with E-state index in [0.717, 1.165) is 0 Å². The fraction of sp³-hybridized carbons (Fsp3) is 0.533. The minimum absolute atomic E-state index is 0.0383. The van der Waals surface area contributed by atoms with Crippen LogP contribution in [-0.4, -0.2) is 44.7 Å². The lowest BCUT2D eigenvalue weighted by Gasteiger charge is -2.24. The molecule has 1 rings (SSSR count). The van der Waals surface area contributed by atoms with E-state index in [1.807, 2.05) is 20.8 Å². The molecular weight excluding hydrogens is 255 g/mol. The Morgan fingerprint density at radius 3 is 2.60 bits per heavy atom. The minimum Gasteiger partial charge on any atom is -0.494 e. The largest absolute Gasteiger partial charge is 0.494 e. The number of aliphatic hydroxyl groups excluding tert-OH is 1. The van der Waals surface area contributed by atoms with Gasteiger partial charge in [-0.2, -0.15) is 0 Å². The van der Waals surface area contributed by atoms with Crippen LogP contribution in [0.5, 0.6) is 5.75 Å². The molecule has 1 aromatic carbocycles. The third kappa shape index (κ3) is 5.35. The lowest BCUT2D eigenvalue weighted by molar-refractivity contribution is -0.0388.